The SMILES string of the molecule is CCOc1ccc(NC(=O)c2ccc(NC(=O)Cn3cnc4ccc(C)cc4c3=O)cc2)cc1. The van der Waals surface area contributed by atoms with E-state index >= 15 is 0 Å². The van der Waals surface area contributed by atoms with Crippen LogP contribution in [0.15, 0.2) is 77.9 Å². The van der Waals surface area contributed by atoms with Gasteiger partial charge in [0.2, 0.25) is 5.91 Å². The molecule has 0 atom stereocenters. The molecule has 0 aliphatic rings. The molecular weight excluding hydrogens is 432 g/mol. The van der Waals surface area contributed by atoms with E-state index in [0.717, 1.165) is 11.3 Å². The van der Waals surface area contributed by atoms with Gasteiger partial charge in [-0.05, 0) is 74.5 Å². The number of aromatic nitrogens is 2. The highest BCUT2D eigenvalue weighted by atomic mass is 16.5. The summed E-state index contributed by atoms with van der Waals surface area (Å²) in [5, 5.41) is 6.03. The van der Waals surface area contributed by atoms with Crippen LogP contribution in [0.3, 0.4) is 0 Å². The van der Waals surface area contributed by atoms with Crippen LogP contribution in [-0.4, -0.2) is 28.0 Å². The van der Waals surface area contributed by atoms with Crippen molar-refractivity contribution in [2.75, 3.05) is 17.2 Å². The molecule has 34 heavy (non-hydrogen) atoms. The molecule has 0 aliphatic heterocycles. The molecule has 3 aromatic carbocycles. The number of fused-ring (bicyclic) bond motifs is 1. The first kappa shape index (κ1) is 22.7. The number of ether oxygens (including phenoxy) is 1. The fraction of sp³-hybridized carbons (Fsp3) is 0.154. The molecule has 4 rings (SSSR count). The van der Waals surface area contributed by atoms with Crippen molar-refractivity contribution in [3.8, 4) is 5.75 Å². The fourth-order valence-corrected chi connectivity index (χ4v) is 3.45. The molecule has 172 valence electrons. The van der Waals surface area contributed by atoms with E-state index in [-0.39, 0.29) is 23.9 Å². The summed E-state index contributed by atoms with van der Waals surface area (Å²) in [6, 6.07) is 19.0. The molecule has 0 bridgehead atoms. The molecule has 1 aromatic heterocycles. The van der Waals surface area contributed by atoms with Crippen molar-refractivity contribution >= 4 is 34.1 Å². The van der Waals surface area contributed by atoms with Gasteiger partial charge in [0.05, 0.1) is 23.8 Å². The molecule has 0 radical (unpaired) electrons. The normalized spacial score (nSPS) is 10.6. The second-order valence-corrected chi connectivity index (χ2v) is 7.74. The predicted molar refractivity (Wildman–Crippen MR) is 131 cm³/mol. The van der Waals surface area contributed by atoms with Crippen molar-refractivity contribution in [1.29, 1.82) is 0 Å². The minimum Gasteiger partial charge on any atom is -0.494 e. The molecule has 4 aromatic rings. The molecule has 0 spiro atoms. The van der Waals surface area contributed by atoms with Crippen LogP contribution in [0, 0.1) is 6.92 Å². The monoisotopic (exact) mass is 456 g/mol. The van der Waals surface area contributed by atoms with Crippen molar-refractivity contribution in [2.45, 2.75) is 20.4 Å². The Hall–Kier alpha value is -4.46. The van der Waals surface area contributed by atoms with Gasteiger partial charge in [-0.1, -0.05) is 11.6 Å². The predicted octanol–water partition coefficient (Wildman–Crippen LogP) is 3.99. The summed E-state index contributed by atoms with van der Waals surface area (Å²) in [5.74, 6) is 0.0889. The van der Waals surface area contributed by atoms with E-state index in [2.05, 4.69) is 15.6 Å². The van der Waals surface area contributed by atoms with Gasteiger partial charge in [-0.3, -0.25) is 19.0 Å². The number of nitrogens with one attached hydrogen (secondary N) is 2. The molecule has 8 nitrogen and oxygen atoms in total. The van der Waals surface area contributed by atoms with Crippen LogP contribution in [0.25, 0.3) is 10.9 Å². The van der Waals surface area contributed by atoms with Gasteiger partial charge in [0, 0.05) is 16.9 Å². The summed E-state index contributed by atoms with van der Waals surface area (Å²) in [4.78, 5) is 41.9. The number of carbonyl (C=O) groups is 2. The maximum atomic E-state index is 12.7. The maximum Gasteiger partial charge on any atom is 0.261 e. The van der Waals surface area contributed by atoms with Gasteiger partial charge in [-0.25, -0.2) is 4.98 Å². The number of anilines is 2. The van der Waals surface area contributed by atoms with Crippen LogP contribution in [-0.2, 0) is 11.3 Å². The van der Waals surface area contributed by atoms with Gasteiger partial charge in [0.15, 0.2) is 0 Å². The third kappa shape index (κ3) is 5.29. The summed E-state index contributed by atoms with van der Waals surface area (Å²) < 4.78 is 6.67. The van der Waals surface area contributed by atoms with E-state index < -0.39 is 0 Å². The van der Waals surface area contributed by atoms with Crippen LogP contribution in [0.2, 0.25) is 0 Å². The third-order valence-electron chi connectivity index (χ3n) is 5.15. The van der Waals surface area contributed by atoms with Gasteiger partial charge < -0.3 is 15.4 Å². The highest BCUT2D eigenvalue weighted by Crippen LogP contribution is 2.17. The molecule has 0 aliphatic carbocycles. The highest BCUT2D eigenvalue weighted by Gasteiger charge is 2.10. The molecule has 2 N–H and O–H groups in total. The molecule has 0 unspecified atom stereocenters. The quantitative estimate of drug-likeness (QED) is 0.438. The average molecular weight is 457 g/mol. The summed E-state index contributed by atoms with van der Waals surface area (Å²) in [6.07, 6.45) is 1.37. The first-order valence-electron chi connectivity index (χ1n) is 10.8. The molecule has 8 heteroatoms. The fourth-order valence-electron chi connectivity index (χ4n) is 3.45. The molecule has 0 saturated heterocycles. The Kier molecular flexibility index (Phi) is 6.68. The largest absolute Gasteiger partial charge is 0.494 e. The Labute approximate surface area is 196 Å². The van der Waals surface area contributed by atoms with Crippen LogP contribution in [0.4, 0.5) is 11.4 Å². The Bertz CT molecular complexity index is 1390. The summed E-state index contributed by atoms with van der Waals surface area (Å²) >= 11 is 0. The van der Waals surface area contributed by atoms with E-state index in [0.29, 0.717) is 34.4 Å². The average Bonchev–Trinajstić information content (AvgIpc) is 2.83. The van der Waals surface area contributed by atoms with Crippen molar-refractivity contribution in [3.63, 3.8) is 0 Å². The minimum atomic E-state index is -0.373. The van der Waals surface area contributed by atoms with Crippen LogP contribution in [0.1, 0.15) is 22.8 Å². The standard InChI is InChI=1S/C26H24N4O4/c1-3-34-21-11-9-20(10-12-21)29-25(32)18-5-7-19(8-6-18)28-24(31)15-30-16-27-23-13-4-17(2)14-22(23)26(30)33/h4-14,16H,3,15H2,1-2H3,(H,28,31)(H,29,32). The van der Waals surface area contributed by atoms with Crippen molar-refractivity contribution in [1.82, 2.24) is 9.55 Å². The van der Waals surface area contributed by atoms with Crippen LogP contribution in [0.5, 0.6) is 5.75 Å². The van der Waals surface area contributed by atoms with E-state index in [1.165, 1.54) is 10.9 Å². The number of rotatable bonds is 7. The molecule has 0 saturated carbocycles. The van der Waals surface area contributed by atoms with Gasteiger partial charge in [-0.2, -0.15) is 0 Å². The smallest absolute Gasteiger partial charge is 0.261 e. The zero-order chi connectivity index (χ0) is 24.1. The van der Waals surface area contributed by atoms with E-state index in [1.54, 1.807) is 60.7 Å². The molecular formula is C26H24N4O4. The van der Waals surface area contributed by atoms with Crippen molar-refractivity contribution in [2.24, 2.45) is 0 Å². The number of nitrogens with zero attached hydrogens (tertiary/aromatic N) is 2. The minimum absolute atomic E-state index is 0.171. The second kappa shape index (κ2) is 9.99. The summed E-state index contributed by atoms with van der Waals surface area (Å²) in [7, 11) is 0. The Balaban J connectivity index is 1.38. The molecule has 0 fully saturated rings. The molecule has 1 heterocycles. The number of hydrogen-bond donors (Lipinski definition) is 2. The van der Waals surface area contributed by atoms with E-state index in [9.17, 15) is 14.4 Å². The number of aryl methyl sites for hydroxylation is 1. The maximum absolute atomic E-state index is 12.7. The zero-order valence-electron chi connectivity index (χ0n) is 18.9. The Morgan fingerprint density at radius 3 is 2.32 bits per heavy atom. The van der Waals surface area contributed by atoms with Gasteiger partial charge in [-0.15, -0.1) is 0 Å². The first-order chi connectivity index (χ1) is 16.4. The molecule has 2 amide bonds. The lowest BCUT2D eigenvalue weighted by Gasteiger charge is -2.10. The second-order valence-electron chi connectivity index (χ2n) is 7.74. The number of amides is 2. The highest BCUT2D eigenvalue weighted by molar-refractivity contribution is 6.04. The lowest BCUT2D eigenvalue weighted by Crippen LogP contribution is -2.28. The van der Waals surface area contributed by atoms with Crippen molar-refractivity contribution < 1.29 is 14.3 Å². The third-order valence-corrected chi connectivity index (χ3v) is 5.15. The first-order valence-corrected chi connectivity index (χ1v) is 10.8. The van der Waals surface area contributed by atoms with Crippen LogP contribution >= 0.6 is 0 Å². The number of benzene rings is 3. The number of carbonyl (C=O) groups excluding carboxylic acids is 2. The summed E-state index contributed by atoms with van der Waals surface area (Å²) in [6.45, 7) is 4.20. The number of hydrogen-bond acceptors (Lipinski definition) is 5. The lowest BCUT2D eigenvalue weighted by atomic mass is 10.2. The van der Waals surface area contributed by atoms with Crippen LogP contribution < -0.4 is 20.9 Å². The van der Waals surface area contributed by atoms with E-state index in [1.807, 2.05) is 19.9 Å². The van der Waals surface area contributed by atoms with Gasteiger partial charge in [0.1, 0.15) is 12.3 Å². The van der Waals surface area contributed by atoms with E-state index in [4.69, 9.17) is 4.74 Å². The Morgan fingerprint density at radius 2 is 1.62 bits per heavy atom. The van der Waals surface area contributed by atoms with Gasteiger partial charge >= 0.3 is 0 Å². The lowest BCUT2D eigenvalue weighted by molar-refractivity contribution is -0.116. The topological polar surface area (TPSA) is 102 Å². The van der Waals surface area contributed by atoms with Gasteiger partial charge in [0.25, 0.3) is 11.5 Å². The Morgan fingerprint density at radius 1 is 0.941 bits per heavy atom. The van der Waals surface area contributed by atoms with Crippen molar-refractivity contribution in [3.05, 3.63) is 94.5 Å². The summed E-state index contributed by atoms with van der Waals surface area (Å²) in [5.41, 5.74) is 2.87. The zero-order valence-corrected chi connectivity index (χ0v) is 18.9.